The molecule has 1 aromatic carbocycles. The van der Waals surface area contributed by atoms with Crippen LogP contribution in [0.2, 0.25) is 0 Å². The molecule has 1 aliphatic rings. The lowest BCUT2D eigenvalue weighted by Crippen LogP contribution is -2.48. The first-order chi connectivity index (χ1) is 10.9. The van der Waals surface area contributed by atoms with Crippen LogP contribution in [-0.4, -0.2) is 50.6 Å². The standard InChI is InChI=1S/C15H20N4O3S/c1-12(11-23(21,22)19-8-6-17-7-9-19)15(20)18-14-4-2-13(10-16)3-5-14/h2-5,12,17H,6-9,11H2,1H3,(H,18,20). The number of hydrogen-bond acceptors (Lipinski definition) is 5. The quantitative estimate of drug-likeness (QED) is 0.809. The summed E-state index contributed by atoms with van der Waals surface area (Å²) >= 11 is 0. The zero-order chi connectivity index (χ0) is 16.9. The van der Waals surface area contributed by atoms with Crippen molar-refractivity contribution in [3.8, 4) is 6.07 Å². The summed E-state index contributed by atoms with van der Waals surface area (Å²) in [6, 6.07) is 8.42. The highest BCUT2D eigenvalue weighted by Crippen LogP contribution is 2.13. The predicted molar refractivity (Wildman–Crippen MR) is 87.2 cm³/mol. The number of anilines is 1. The van der Waals surface area contributed by atoms with Gasteiger partial charge in [-0.15, -0.1) is 0 Å². The van der Waals surface area contributed by atoms with Crippen LogP contribution in [0.1, 0.15) is 12.5 Å². The Kier molecular flexibility index (Phi) is 5.71. The zero-order valence-electron chi connectivity index (χ0n) is 12.9. The lowest BCUT2D eigenvalue weighted by Gasteiger charge is -2.27. The second-order valence-corrected chi connectivity index (χ2v) is 7.52. The van der Waals surface area contributed by atoms with Crippen LogP contribution in [0.3, 0.4) is 0 Å². The summed E-state index contributed by atoms with van der Waals surface area (Å²) in [6.45, 7) is 3.73. The van der Waals surface area contributed by atoms with Gasteiger partial charge in [0.25, 0.3) is 0 Å². The van der Waals surface area contributed by atoms with Gasteiger partial charge in [-0.25, -0.2) is 8.42 Å². The first kappa shape index (κ1) is 17.4. The molecule has 0 aromatic heterocycles. The van der Waals surface area contributed by atoms with Crippen LogP contribution in [-0.2, 0) is 14.8 Å². The molecule has 124 valence electrons. The maximum absolute atomic E-state index is 12.3. The molecule has 1 aliphatic heterocycles. The van der Waals surface area contributed by atoms with Gasteiger partial charge in [0.1, 0.15) is 0 Å². The van der Waals surface area contributed by atoms with E-state index in [-0.39, 0.29) is 11.7 Å². The number of carbonyl (C=O) groups excluding carboxylic acids is 1. The third-order valence-corrected chi connectivity index (χ3v) is 5.73. The Bertz CT molecular complexity index is 688. The van der Waals surface area contributed by atoms with Gasteiger partial charge in [0.2, 0.25) is 15.9 Å². The molecule has 0 bridgehead atoms. The van der Waals surface area contributed by atoms with Gasteiger partial charge in [0.05, 0.1) is 23.3 Å². The average molecular weight is 336 g/mol. The largest absolute Gasteiger partial charge is 0.326 e. The van der Waals surface area contributed by atoms with Crippen molar-refractivity contribution in [1.29, 1.82) is 5.26 Å². The number of piperazine rings is 1. The van der Waals surface area contributed by atoms with Crippen LogP contribution in [0.25, 0.3) is 0 Å². The molecule has 1 saturated heterocycles. The smallest absolute Gasteiger partial charge is 0.228 e. The Morgan fingerprint density at radius 3 is 2.52 bits per heavy atom. The highest BCUT2D eigenvalue weighted by molar-refractivity contribution is 7.89. The Labute approximate surface area is 136 Å². The lowest BCUT2D eigenvalue weighted by atomic mass is 10.2. The SMILES string of the molecule is CC(CS(=O)(=O)N1CCNCC1)C(=O)Nc1ccc(C#N)cc1. The van der Waals surface area contributed by atoms with E-state index in [1.54, 1.807) is 31.2 Å². The summed E-state index contributed by atoms with van der Waals surface area (Å²) in [6.07, 6.45) is 0. The molecule has 2 N–H and O–H groups in total. The molecule has 0 aliphatic carbocycles. The Balaban J connectivity index is 1.94. The van der Waals surface area contributed by atoms with E-state index < -0.39 is 15.9 Å². The summed E-state index contributed by atoms with van der Waals surface area (Å²) < 4.78 is 26.1. The molecule has 1 atom stereocenters. The van der Waals surface area contributed by atoms with E-state index in [1.807, 2.05) is 6.07 Å². The van der Waals surface area contributed by atoms with E-state index >= 15 is 0 Å². The molecule has 0 spiro atoms. The summed E-state index contributed by atoms with van der Waals surface area (Å²) in [5.41, 5.74) is 1.04. The topological polar surface area (TPSA) is 102 Å². The second-order valence-electron chi connectivity index (χ2n) is 5.51. The molecule has 0 saturated carbocycles. The van der Waals surface area contributed by atoms with Crippen molar-refractivity contribution in [2.45, 2.75) is 6.92 Å². The van der Waals surface area contributed by atoms with Crippen molar-refractivity contribution in [3.05, 3.63) is 29.8 Å². The maximum atomic E-state index is 12.3. The Morgan fingerprint density at radius 1 is 1.35 bits per heavy atom. The number of nitriles is 1. The minimum Gasteiger partial charge on any atom is -0.326 e. The highest BCUT2D eigenvalue weighted by Gasteiger charge is 2.28. The van der Waals surface area contributed by atoms with Crippen LogP contribution < -0.4 is 10.6 Å². The van der Waals surface area contributed by atoms with Crippen molar-refractivity contribution < 1.29 is 13.2 Å². The van der Waals surface area contributed by atoms with Gasteiger partial charge < -0.3 is 10.6 Å². The Morgan fingerprint density at radius 2 is 1.96 bits per heavy atom. The van der Waals surface area contributed by atoms with Gasteiger partial charge in [-0.1, -0.05) is 6.92 Å². The summed E-state index contributed by atoms with van der Waals surface area (Å²) in [7, 11) is -3.44. The van der Waals surface area contributed by atoms with Gasteiger partial charge >= 0.3 is 0 Å². The fraction of sp³-hybridized carbons (Fsp3) is 0.467. The second kappa shape index (κ2) is 7.55. The first-order valence-electron chi connectivity index (χ1n) is 7.42. The van der Waals surface area contributed by atoms with Crippen LogP contribution >= 0.6 is 0 Å². The minimum atomic E-state index is -3.44. The van der Waals surface area contributed by atoms with Gasteiger partial charge in [0.15, 0.2) is 0 Å². The van der Waals surface area contributed by atoms with Crippen LogP contribution in [0, 0.1) is 17.2 Å². The third-order valence-electron chi connectivity index (χ3n) is 3.66. The van der Waals surface area contributed by atoms with E-state index in [9.17, 15) is 13.2 Å². The van der Waals surface area contributed by atoms with Gasteiger partial charge in [-0.2, -0.15) is 9.57 Å². The van der Waals surface area contributed by atoms with Crippen molar-refractivity contribution in [2.75, 3.05) is 37.2 Å². The predicted octanol–water partition coefficient (Wildman–Crippen LogP) is 0.368. The molecule has 1 unspecified atom stereocenters. The summed E-state index contributed by atoms with van der Waals surface area (Å²) in [5, 5.41) is 14.5. The number of hydrogen-bond donors (Lipinski definition) is 2. The van der Waals surface area contributed by atoms with Crippen molar-refractivity contribution in [2.24, 2.45) is 5.92 Å². The minimum absolute atomic E-state index is 0.213. The summed E-state index contributed by atoms with van der Waals surface area (Å²) in [5.74, 6) is -1.23. The number of carbonyl (C=O) groups is 1. The van der Waals surface area contributed by atoms with Crippen LogP contribution in [0.5, 0.6) is 0 Å². The maximum Gasteiger partial charge on any atom is 0.228 e. The molecular formula is C15H20N4O3S. The highest BCUT2D eigenvalue weighted by atomic mass is 32.2. The molecule has 1 aromatic rings. The van der Waals surface area contributed by atoms with E-state index in [0.717, 1.165) is 0 Å². The molecule has 0 radical (unpaired) electrons. The monoisotopic (exact) mass is 336 g/mol. The van der Waals surface area contributed by atoms with Crippen molar-refractivity contribution in [3.63, 3.8) is 0 Å². The lowest BCUT2D eigenvalue weighted by molar-refractivity contribution is -0.118. The summed E-state index contributed by atoms with van der Waals surface area (Å²) in [4.78, 5) is 12.2. The fourth-order valence-corrected chi connectivity index (χ4v) is 4.05. The number of nitrogens with one attached hydrogen (secondary N) is 2. The first-order valence-corrected chi connectivity index (χ1v) is 9.03. The zero-order valence-corrected chi connectivity index (χ0v) is 13.8. The molecular weight excluding hydrogens is 316 g/mol. The van der Waals surface area contributed by atoms with Gasteiger partial charge in [-0.3, -0.25) is 4.79 Å². The molecule has 1 amide bonds. The van der Waals surface area contributed by atoms with Gasteiger partial charge in [0, 0.05) is 31.9 Å². The third kappa shape index (κ3) is 4.76. The number of rotatable bonds is 5. The fourth-order valence-electron chi connectivity index (χ4n) is 2.31. The Hall–Kier alpha value is -1.95. The van der Waals surface area contributed by atoms with Crippen molar-refractivity contribution >= 4 is 21.6 Å². The van der Waals surface area contributed by atoms with Crippen molar-refractivity contribution in [1.82, 2.24) is 9.62 Å². The van der Waals surface area contributed by atoms with Crippen LogP contribution in [0.15, 0.2) is 24.3 Å². The average Bonchev–Trinajstić information content (AvgIpc) is 2.56. The van der Waals surface area contributed by atoms with E-state index in [4.69, 9.17) is 5.26 Å². The van der Waals surface area contributed by atoms with E-state index in [2.05, 4.69) is 10.6 Å². The normalized spacial score (nSPS) is 17.2. The molecule has 1 heterocycles. The van der Waals surface area contributed by atoms with Gasteiger partial charge in [-0.05, 0) is 24.3 Å². The number of amides is 1. The van der Waals surface area contributed by atoms with Crippen LogP contribution in [0.4, 0.5) is 5.69 Å². The number of nitrogens with zero attached hydrogens (tertiary/aromatic N) is 2. The molecule has 2 rings (SSSR count). The molecule has 23 heavy (non-hydrogen) atoms. The van der Waals surface area contributed by atoms with E-state index in [1.165, 1.54) is 4.31 Å². The molecule has 8 heteroatoms. The molecule has 7 nitrogen and oxygen atoms in total. The number of sulfonamides is 1. The van der Waals surface area contributed by atoms with E-state index in [0.29, 0.717) is 37.4 Å². The number of benzene rings is 1. The molecule has 1 fully saturated rings.